The first-order valence-corrected chi connectivity index (χ1v) is 6.15. The van der Waals surface area contributed by atoms with Gasteiger partial charge in [0, 0.05) is 18.2 Å². The van der Waals surface area contributed by atoms with E-state index in [4.69, 9.17) is 5.26 Å². The van der Waals surface area contributed by atoms with Crippen LogP contribution in [0.1, 0.15) is 24.5 Å². The van der Waals surface area contributed by atoms with Crippen LogP contribution in [0.4, 0.5) is 0 Å². The first kappa shape index (κ1) is 13.3. The highest BCUT2D eigenvalue weighted by atomic mass is 32.2. The standard InChI is InChI=1S/C13H13NO2S/c1-10(15)17-7-3-2-4-12-8-11(9-14)5-6-13(12)16/h2,4-6,8,16H,3,7H2,1H3. The van der Waals surface area contributed by atoms with Crippen LogP contribution in [-0.4, -0.2) is 16.0 Å². The molecular weight excluding hydrogens is 234 g/mol. The zero-order valence-corrected chi connectivity index (χ0v) is 10.3. The van der Waals surface area contributed by atoms with Gasteiger partial charge in [0.2, 0.25) is 0 Å². The van der Waals surface area contributed by atoms with Crippen LogP contribution in [0.15, 0.2) is 24.3 Å². The minimum absolute atomic E-state index is 0.104. The number of hydrogen-bond donors (Lipinski definition) is 1. The van der Waals surface area contributed by atoms with Crippen molar-refractivity contribution in [2.75, 3.05) is 5.75 Å². The number of allylic oxidation sites excluding steroid dienone is 1. The maximum absolute atomic E-state index is 10.7. The minimum Gasteiger partial charge on any atom is -0.507 e. The summed E-state index contributed by atoms with van der Waals surface area (Å²) in [4.78, 5) is 10.7. The Morgan fingerprint density at radius 1 is 1.59 bits per heavy atom. The van der Waals surface area contributed by atoms with Gasteiger partial charge in [0.25, 0.3) is 0 Å². The molecule has 0 bridgehead atoms. The molecule has 0 aliphatic rings. The minimum atomic E-state index is 0.104. The van der Waals surface area contributed by atoms with Crippen LogP contribution in [0.2, 0.25) is 0 Å². The number of aromatic hydroxyl groups is 1. The largest absolute Gasteiger partial charge is 0.507 e. The molecule has 0 aliphatic carbocycles. The normalized spacial score (nSPS) is 10.4. The summed E-state index contributed by atoms with van der Waals surface area (Å²) in [5, 5.41) is 18.4. The maximum atomic E-state index is 10.7. The molecule has 3 nitrogen and oxygen atoms in total. The second kappa shape index (κ2) is 6.77. The Balaban J connectivity index is 2.59. The number of phenols is 1. The molecule has 4 heteroatoms. The van der Waals surface area contributed by atoms with E-state index in [9.17, 15) is 9.90 Å². The van der Waals surface area contributed by atoms with Crippen molar-refractivity contribution >= 4 is 23.0 Å². The van der Waals surface area contributed by atoms with Crippen molar-refractivity contribution in [1.29, 1.82) is 5.26 Å². The lowest BCUT2D eigenvalue weighted by Crippen LogP contribution is -1.84. The van der Waals surface area contributed by atoms with Gasteiger partial charge in [-0.1, -0.05) is 23.9 Å². The van der Waals surface area contributed by atoms with E-state index in [-0.39, 0.29) is 10.9 Å². The van der Waals surface area contributed by atoms with Gasteiger partial charge in [-0.2, -0.15) is 5.26 Å². The third-order valence-corrected chi connectivity index (χ3v) is 2.89. The van der Waals surface area contributed by atoms with Crippen molar-refractivity contribution in [2.45, 2.75) is 13.3 Å². The van der Waals surface area contributed by atoms with E-state index in [2.05, 4.69) is 0 Å². The predicted octanol–water partition coefficient (Wildman–Crippen LogP) is 2.95. The Hall–Kier alpha value is -1.73. The monoisotopic (exact) mass is 247 g/mol. The van der Waals surface area contributed by atoms with Crippen molar-refractivity contribution in [3.63, 3.8) is 0 Å². The predicted molar refractivity (Wildman–Crippen MR) is 69.6 cm³/mol. The summed E-state index contributed by atoms with van der Waals surface area (Å²) in [6.45, 7) is 1.54. The van der Waals surface area contributed by atoms with Gasteiger partial charge < -0.3 is 5.11 Å². The number of hydrogen-bond acceptors (Lipinski definition) is 4. The molecule has 0 atom stereocenters. The van der Waals surface area contributed by atoms with Crippen LogP contribution in [0.25, 0.3) is 6.08 Å². The Labute approximate surface area is 105 Å². The van der Waals surface area contributed by atoms with Crippen LogP contribution in [-0.2, 0) is 4.79 Å². The topological polar surface area (TPSA) is 61.1 Å². The Morgan fingerprint density at radius 3 is 3.00 bits per heavy atom. The molecule has 0 aromatic heterocycles. The highest BCUT2D eigenvalue weighted by Crippen LogP contribution is 2.20. The van der Waals surface area contributed by atoms with Gasteiger partial charge in [0.15, 0.2) is 5.12 Å². The SMILES string of the molecule is CC(=O)SCCC=Cc1cc(C#N)ccc1O. The highest BCUT2D eigenvalue weighted by molar-refractivity contribution is 8.13. The number of benzene rings is 1. The van der Waals surface area contributed by atoms with Crippen LogP contribution in [0.3, 0.4) is 0 Å². The third-order valence-electron chi connectivity index (χ3n) is 2.04. The molecule has 0 heterocycles. The maximum Gasteiger partial charge on any atom is 0.185 e. The van der Waals surface area contributed by atoms with Gasteiger partial charge in [0.05, 0.1) is 11.6 Å². The molecule has 0 fully saturated rings. The highest BCUT2D eigenvalue weighted by Gasteiger charge is 1.98. The Kier molecular flexibility index (Phi) is 5.31. The number of nitrogens with zero attached hydrogens (tertiary/aromatic N) is 1. The molecule has 1 N–H and O–H groups in total. The van der Waals surface area contributed by atoms with Crippen molar-refractivity contribution in [2.24, 2.45) is 0 Å². The fourth-order valence-corrected chi connectivity index (χ4v) is 1.78. The summed E-state index contributed by atoms with van der Waals surface area (Å²) in [5.74, 6) is 0.879. The summed E-state index contributed by atoms with van der Waals surface area (Å²) < 4.78 is 0. The summed E-state index contributed by atoms with van der Waals surface area (Å²) in [6, 6.07) is 6.72. The number of phenolic OH excluding ortho intramolecular Hbond substituents is 1. The number of rotatable bonds is 4. The average molecular weight is 247 g/mol. The van der Waals surface area contributed by atoms with Gasteiger partial charge in [-0.3, -0.25) is 4.79 Å². The van der Waals surface area contributed by atoms with E-state index in [1.54, 1.807) is 18.2 Å². The molecule has 1 rings (SSSR count). The molecule has 17 heavy (non-hydrogen) atoms. The van der Waals surface area contributed by atoms with Gasteiger partial charge >= 0.3 is 0 Å². The summed E-state index contributed by atoms with van der Waals surface area (Å²) in [7, 11) is 0. The number of carbonyl (C=O) groups is 1. The smallest absolute Gasteiger partial charge is 0.185 e. The zero-order chi connectivity index (χ0) is 12.7. The first-order valence-electron chi connectivity index (χ1n) is 5.16. The first-order chi connectivity index (χ1) is 8.13. The molecule has 0 spiro atoms. The number of nitriles is 1. The summed E-state index contributed by atoms with van der Waals surface area (Å²) in [5.41, 5.74) is 1.14. The number of carbonyl (C=O) groups excluding carboxylic acids is 1. The van der Waals surface area contributed by atoms with Crippen LogP contribution >= 0.6 is 11.8 Å². The molecular formula is C13H13NO2S. The van der Waals surface area contributed by atoms with E-state index in [0.29, 0.717) is 11.1 Å². The average Bonchev–Trinajstić information content (AvgIpc) is 2.30. The van der Waals surface area contributed by atoms with Gasteiger partial charge in [0.1, 0.15) is 5.75 Å². The molecule has 0 radical (unpaired) electrons. The Morgan fingerprint density at radius 2 is 2.35 bits per heavy atom. The van der Waals surface area contributed by atoms with E-state index >= 15 is 0 Å². The van der Waals surface area contributed by atoms with E-state index in [1.165, 1.54) is 24.8 Å². The van der Waals surface area contributed by atoms with Crippen molar-refractivity contribution < 1.29 is 9.90 Å². The van der Waals surface area contributed by atoms with Crippen LogP contribution < -0.4 is 0 Å². The third kappa shape index (κ3) is 4.75. The Bertz CT molecular complexity index is 475. The second-order valence-electron chi connectivity index (χ2n) is 3.42. The number of thioether (sulfide) groups is 1. The quantitative estimate of drug-likeness (QED) is 0.831. The van der Waals surface area contributed by atoms with Gasteiger partial charge in [-0.15, -0.1) is 0 Å². The fraction of sp³-hybridized carbons (Fsp3) is 0.231. The van der Waals surface area contributed by atoms with E-state index in [0.717, 1.165) is 12.2 Å². The van der Waals surface area contributed by atoms with Crippen LogP contribution in [0, 0.1) is 11.3 Å². The lowest BCUT2D eigenvalue weighted by atomic mass is 10.1. The molecule has 0 saturated heterocycles. The molecule has 1 aromatic rings. The fourth-order valence-electron chi connectivity index (χ4n) is 1.24. The van der Waals surface area contributed by atoms with Gasteiger partial charge in [-0.05, 0) is 24.6 Å². The van der Waals surface area contributed by atoms with Crippen LogP contribution in [0.5, 0.6) is 5.75 Å². The molecule has 0 amide bonds. The van der Waals surface area contributed by atoms with Crippen molar-refractivity contribution in [3.05, 3.63) is 35.4 Å². The summed E-state index contributed by atoms with van der Waals surface area (Å²) >= 11 is 1.27. The van der Waals surface area contributed by atoms with Crippen molar-refractivity contribution in [3.8, 4) is 11.8 Å². The van der Waals surface area contributed by atoms with E-state index < -0.39 is 0 Å². The summed E-state index contributed by atoms with van der Waals surface area (Å²) in [6.07, 6.45) is 4.39. The second-order valence-corrected chi connectivity index (χ2v) is 4.69. The van der Waals surface area contributed by atoms with E-state index in [1.807, 2.05) is 12.1 Å². The lowest BCUT2D eigenvalue weighted by Gasteiger charge is -1.99. The zero-order valence-electron chi connectivity index (χ0n) is 9.51. The molecule has 0 aliphatic heterocycles. The lowest BCUT2D eigenvalue weighted by molar-refractivity contribution is -0.109. The molecule has 88 valence electrons. The van der Waals surface area contributed by atoms with Gasteiger partial charge in [-0.25, -0.2) is 0 Å². The van der Waals surface area contributed by atoms with Crippen molar-refractivity contribution in [1.82, 2.24) is 0 Å². The molecule has 0 saturated carbocycles. The molecule has 1 aromatic carbocycles. The molecule has 0 unspecified atom stereocenters.